The van der Waals surface area contributed by atoms with Gasteiger partial charge in [0.25, 0.3) is 10.2 Å². The van der Waals surface area contributed by atoms with Gasteiger partial charge in [0, 0.05) is 39.0 Å². The van der Waals surface area contributed by atoms with E-state index in [0.29, 0.717) is 37.7 Å². The van der Waals surface area contributed by atoms with Gasteiger partial charge in [-0.3, -0.25) is 0 Å². The predicted molar refractivity (Wildman–Crippen MR) is 137 cm³/mol. The van der Waals surface area contributed by atoms with Crippen molar-refractivity contribution >= 4 is 33.2 Å². The highest BCUT2D eigenvalue weighted by Crippen LogP contribution is 2.46. The Labute approximate surface area is 217 Å². The van der Waals surface area contributed by atoms with Crippen molar-refractivity contribution in [2.24, 2.45) is 0 Å². The number of carbonyl (C=O) groups is 1. The second-order valence-corrected chi connectivity index (χ2v) is 12.6. The monoisotopic (exact) mass is 536 g/mol. The third kappa shape index (κ3) is 5.75. The van der Waals surface area contributed by atoms with Crippen LogP contribution in [-0.2, 0) is 24.4 Å². The summed E-state index contributed by atoms with van der Waals surface area (Å²) in [6, 6.07) is 1.80. The number of rotatable bonds is 7. The Balaban J connectivity index is 1.24. The highest BCUT2D eigenvalue weighted by Gasteiger charge is 2.56. The van der Waals surface area contributed by atoms with Crippen LogP contribution in [-0.4, -0.2) is 90.2 Å². The van der Waals surface area contributed by atoms with Crippen LogP contribution in [0.4, 0.5) is 10.6 Å². The lowest BCUT2D eigenvalue weighted by Crippen LogP contribution is -2.59. The highest BCUT2D eigenvalue weighted by molar-refractivity contribution is 7.87. The summed E-state index contributed by atoms with van der Waals surface area (Å²) in [4.78, 5) is 23.6. The molecule has 0 radical (unpaired) electrons. The van der Waals surface area contributed by atoms with Crippen LogP contribution in [0.15, 0.2) is 18.6 Å². The largest absolute Gasteiger partial charge is 0.443 e. The Morgan fingerprint density at radius 2 is 2.05 bits per heavy atom. The highest BCUT2D eigenvalue weighted by atomic mass is 32.2. The SMILES string of the molecule is CC(C)(C)OC(=O)n1ccc2c(N3CCN(S(=O)(=O)NCCOC4CCCCO4)C4(CC4)C3)ncnc21. The zero-order valence-electron chi connectivity index (χ0n) is 21.7. The van der Waals surface area contributed by atoms with Crippen molar-refractivity contribution in [2.45, 2.75) is 70.3 Å². The molecule has 1 unspecified atom stereocenters. The fourth-order valence-electron chi connectivity index (χ4n) is 5.00. The van der Waals surface area contributed by atoms with Crippen LogP contribution in [0.3, 0.4) is 0 Å². The van der Waals surface area contributed by atoms with Gasteiger partial charge in [-0.05, 0) is 58.9 Å². The van der Waals surface area contributed by atoms with E-state index in [0.717, 1.165) is 37.5 Å². The van der Waals surface area contributed by atoms with E-state index in [2.05, 4.69) is 19.6 Å². The van der Waals surface area contributed by atoms with Gasteiger partial charge in [-0.15, -0.1) is 0 Å². The fourth-order valence-corrected chi connectivity index (χ4v) is 6.57. The van der Waals surface area contributed by atoms with Crippen LogP contribution < -0.4 is 9.62 Å². The maximum absolute atomic E-state index is 13.2. The molecule has 1 spiro atoms. The van der Waals surface area contributed by atoms with Crippen LogP contribution >= 0.6 is 0 Å². The van der Waals surface area contributed by atoms with Crippen molar-refractivity contribution in [1.82, 2.24) is 23.6 Å². The molecule has 5 rings (SSSR count). The Bertz CT molecular complexity index is 1230. The number of aromatic nitrogens is 3. The molecule has 12 nitrogen and oxygen atoms in total. The number of hydrogen-bond donors (Lipinski definition) is 1. The third-order valence-corrected chi connectivity index (χ3v) is 8.60. The minimum absolute atomic E-state index is 0.198. The Morgan fingerprint density at radius 3 is 2.76 bits per heavy atom. The van der Waals surface area contributed by atoms with Gasteiger partial charge < -0.3 is 19.1 Å². The normalized spacial score (nSPS) is 22.5. The number of anilines is 1. The topological polar surface area (TPSA) is 128 Å². The van der Waals surface area contributed by atoms with Crippen LogP contribution in [0, 0.1) is 0 Å². The first-order valence-electron chi connectivity index (χ1n) is 12.9. The van der Waals surface area contributed by atoms with Gasteiger partial charge in [0.2, 0.25) is 0 Å². The maximum atomic E-state index is 13.2. The average Bonchev–Trinajstić information content (AvgIpc) is 3.45. The second kappa shape index (κ2) is 10.1. The molecule has 0 bridgehead atoms. The molecule has 1 atom stereocenters. The summed E-state index contributed by atoms with van der Waals surface area (Å²) in [6.07, 6.45) is 6.82. The molecule has 2 aromatic heterocycles. The molecular weight excluding hydrogens is 500 g/mol. The lowest BCUT2D eigenvalue weighted by molar-refractivity contribution is -0.160. The summed E-state index contributed by atoms with van der Waals surface area (Å²) in [7, 11) is -3.67. The minimum Gasteiger partial charge on any atom is -0.443 e. The van der Waals surface area contributed by atoms with Crippen LogP contribution in [0.25, 0.3) is 11.0 Å². The molecule has 1 aliphatic carbocycles. The molecule has 3 aliphatic rings. The van der Waals surface area contributed by atoms with E-state index in [1.807, 2.05) is 20.8 Å². The summed E-state index contributed by atoms with van der Waals surface area (Å²) in [5, 5.41) is 0.723. The first-order chi connectivity index (χ1) is 17.6. The fraction of sp³-hybridized carbons (Fsp3) is 0.708. The van der Waals surface area contributed by atoms with Crippen molar-refractivity contribution in [3.63, 3.8) is 0 Å². The zero-order chi connectivity index (χ0) is 26.3. The molecule has 204 valence electrons. The molecule has 0 aromatic carbocycles. The Morgan fingerprint density at radius 1 is 1.24 bits per heavy atom. The average molecular weight is 537 g/mol. The molecule has 2 saturated heterocycles. The molecule has 37 heavy (non-hydrogen) atoms. The van der Waals surface area contributed by atoms with E-state index >= 15 is 0 Å². The van der Waals surface area contributed by atoms with Gasteiger partial charge in [-0.25, -0.2) is 19.3 Å². The molecule has 2 aromatic rings. The molecule has 0 amide bonds. The smallest absolute Gasteiger partial charge is 0.420 e. The van der Waals surface area contributed by atoms with Gasteiger partial charge in [0.15, 0.2) is 11.9 Å². The minimum atomic E-state index is -3.67. The van der Waals surface area contributed by atoms with Crippen molar-refractivity contribution in [3.8, 4) is 0 Å². The van der Waals surface area contributed by atoms with E-state index in [1.54, 1.807) is 16.6 Å². The predicted octanol–water partition coefficient (Wildman–Crippen LogP) is 2.25. The Kier molecular flexibility index (Phi) is 7.18. The number of piperazine rings is 1. The molecule has 3 fully saturated rings. The number of hydrogen-bond acceptors (Lipinski definition) is 9. The summed E-state index contributed by atoms with van der Waals surface area (Å²) >= 11 is 0. The van der Waals surface area contributed by atoms with Crippen molar-refractivity contribution in [2.75, 3.05) is 44.3 Å². The number of nitrogens with zero attached hydrogens (tertiary/aromatic N) is 5. The van der Waals surface area contributed by atoms with Crippen LogP contribution in [0.1, 0.15) is 52.9 Å². The molecule has 13 heteroatoms. The molecule has 1 saturated carbocycles. The lowest BCUT2D eigenvalue weighted by Gasteiger charge is -2.41. The quantitative estimate of drug-likeness (QED) is 0.530. The van der Waals surface area contributed by atoms with E-state index in [1.165, 1.54) is 10.9 Å². The van der Waals surface area contributed by atoms with Crippen LogP contribution in [0.5, 0.6) is 0 Å². The van der Waals surface area contributed by atoms with Crippen molar-refractivity contribution < 1.29 is 27.4 Å². The molecule has 4 heterocycles. The maximum Gasteiger partial charge on any atom is 0.420 e. The van der Waals surface area contributed by atoms with Gasteiger partial charge in [-0.2, -0.15) is 17.4 Å². The summed E-state index contributed by atoms with van der Waals surface area (Å²) in [5.41, 5.74) is -0.640. The Hall–Kier alpha value is -2.32. The third-order valence-electron chi connectivity index (χ3n) is 6.88. The van der Waals surface area contributed by atoms with Gasteiger partial charge in [0.1, 0.15) is 17.7 Å². The van der Waals surface area contributed by atoms with Gasteiger partial charge >= 0.3 is 6.09 Å². The van der Waals surface area contributed by atoms with E-state index in [9.17, 15) is 13.2 Å². The molecule has 1 N–H and O–H groups in total. The second-order valence-electron chi connectivity index (χ2n) is 10.9. The summed E-state index contributed by atoms with van der Waals surface area (Å²) in [6.45, 7) is 7.91. The van der Waals surface area contributed by atoms with Crippen LogP contribution in [0.2, 0.25) is 0 Å². The van der Waals surface area contributed by atoms with Gasteiger partial charge in [0.05, 0.1) is 17.5 Å². The van der Waals surface area contributed by atoms with Crippen molar-refractivity contribution in [3.05, 3.63) is 18.6 Å². The number of nitrogens with one attached hydrogen (secondary N) is 1. The zero-order valence-corrected chi connectivity index (χ0v) is 22.5. The number of ether oxygens (including phenoxy) is 3. The summed E-state index contributed by atoms with van der Waals surface area (Å²) < 4.78 is 48.7. The molecular formula is C24H36N6O6S. The van der Waals surface area contributed by atoms with E-state index in [-0.39, 0.29) is 19.4 Å². The standard InChI is InChI=1S/C24H36N6O6S/c1-23(2,3)36-22(31)29-11-7-18-20(25-17-26-21(18)29)28-12-13-30(24(16-28)8-9-24)37(32,33)27-10-15-35-19-6-4-5-14-34-19/h7,11,17,19,27H,4-6,8-10,12-16H2,1-3H3. The number of fused-ring (bicyclic) bond motifs is 1. The first-order valence-corrected chi connectivity index (χ1v) is 14.3. The summed E-state index contributed by atoms with van der Waals surface area (Å²) in [5.74, 6) is 0.685. The van der Waals surface area contributed by atoms with E-state index in [4.69, 9.17) is 14.2 Å². The van der Waals surface area contributed by atoms with E-state index < -0.39 is 27.4 Å². The van der Waals surface area contributed by atoms with Gasteiger partial charge in [-0.1, -0.05) is 0 Å². The molecule has 2 aliphatic heterocycles. The first kappa shape index (κ1) is 26.3. The lowest BCUT2D eigenvalue weighted by atomic mass is 10.2. The van der Waals surface area contributed by atoms with Crippen molar-refractivity contribution in [1.29, 1.82) is 0 Å². The number of carbonyl (C=O) groups excluding carboxylic acids is 1.